The molecule has 108 valence electrons. The summed E-state index contributed by atoms with van der Waals surface area (Å²) in [5.74, 6) is -1.02. The van der Waals surface area contributed by atoms with Gasteiger partial charge < -0.3 is 15.7 Å². The van der Waals surface area contributed by atoms with Crippen molar-refractivity contribution in [2.24, 2.45) is 0 Å². The first-order valence-electron chi connectivity index (χ1n) is 6.13. The van der Waals surface area contributed by atoms with Crippen molar-refractivity contribution in [2.75, 3.05) is 10.6 Å². The zero-order valence-electron chi connectivity index (χ0n) is 11.2. The Labute approximate surface area is 130 Å². The molecule has 21 heavy (non-hydrogen) atoms. The average molecular weight is 349 g/mol. The van der Waals surface area contributed by atoms with Crippen LogP contribution in [0.5, 0.6) is 0 Å². The normalized spacial score (nSPS) is 10.0. The van der Waals surface area contributed by atoms with Crippen LogP contribution in [-0.2, 0) is 0 Å². The molecule has 0 saturated carbocycles. The summed E-state index contributed by atoms with van der Waals surface area (Å²) in [6.45, 7) is 1.93. The van der Waals surface area contributed by atoms with E-state index in [4.69, 9.17) is 5.11 Å². The Bertz CT molecular complexity index is 701. The van der Waals surface area contributed by atoms with Gasteiger partial charge in [-0.05, 0) is 58.7 Å². The molecule has 0 unspecified atom stereocenters. The van der Waals surface area contributed by atoms with E-state index in [1.807, 2.05) is 25.1 Å². The second-order valence-corrected chi connectivity index (χ2v) is 5.30. The van der Waals surface area contributed by atoms with E-state index in [1.165, 1.54) is 18.2 Å². The van der Waals surface area contributed by atoms with Crippen LogP contribution in [0.4, 0.5) is 16.2 Å². The van der Waals surface area contributed by atoms with Gasteiger partial charge in [0.05, 0.1) is 11.3 Å². The highest BCUT2D eigenvalue weighted by atomic mass is 79.9. The highest BCUT2D eigenvalue weighted by Gasteiger charge is 2.09. The van der Waals surface area contributed by atoms with Crippen LogP contribution in [0.3, 0.4) is 0 Å². The number of carboxylic acids is 1. The number of hydrogen-bond donors (Lipinski definition) is 3. The van der Waals surface area contributed by atoms with Gasteiger partial charge in [0.25, 0.3) is 0 Å². The van der Waals surface area contributed by atoms with Crippen LogP contribution >= 0.6 is 15.9 Å². The molecule has 0 aliphatic heterocycles. The molecule has 0 saturated heterocycles. The maximum absolute atomic E-state index is 11.9. The van der Waals surface area contributed by atoms with E-state index in [-0.39, 0.29) is 5.56 Å². The highest BCUT2D eigenvalue weighted by molar-refractivity contribution is 9.10. The van der Waals surface area contributed by atoms with Crippen molar-refractivity contribution in [3.05, 3.63) is 58.1 Å². The molecule has 0 heterocycles. The highest BCUT2D eigenvalue weighted by Crippen LogP contribution is 2.24. The average Bonchev–Trinajstić information content (AvgIpc) is 2.40. The molecule has 2 rings (SSSR count). The lowest BCUT2D eigenvalue weighted by Gasteiger charge is -2.10. The molecule has 0 bridgehead atoms. The van der Waals surface area contributed by atoms with E-state index in [0.29, 0.717) is 15.8 Å². The Hall–Kier alpha value is -2.34. The molecule has 0 aromatic heterocycles. The SMILES string of the molecule is Cc1cccc(NC(=O)Nc2ccc(C(=O)O)cc2Br)c1. The number of benzene rings is 2. The Morgan fingerprint density at radius 2 is 1.86 bits per heavy atom. The Kier molecular flexibility index (Phi) is 4.59. The van der Waals surface area contributed by atoms with Gasteiger partial charge in [-0.2, -0.15) is 0 Å². The molecule has 5 nitrogen and oxygen atoms in total. The number of rotatable bonds is 3. The first-order valence-corrected chi connectivity index (χ1v) is 6.92. The molecular weight excluding hydrogens is 336 g/mol. The standard InChI is InChI=1S/C15H13BrN2O3/c1-9-3-2-4-11(7-9)17-15(21)18-13-6-5-10(14(19)20)8-12(13)16/h2-8H,1H3,(H,19,20)(H2,17,18,21). The van der Waals surface area contributed by atoms with Crippen LogP contribution < -0.4 is 10.6 Å². The minimum Gasteiger partial charge on any atom is -0.478 e. The molecule has 0 radical (unpaired) electrons. The van der Waals surface area contributed by atoms with Gasteiger partial charge in [0.1, 0.15) is 0 Å². The second-order valence-electron chi connectivity index (χ2n) is 4.45. The number of anilines is 2. The lowest BCUT2D eigenvalue weighted by atomic mass is 10.2. The topological polar surface area (TPSA) is 78.4 Å². The number of urea groups is 1. The van der Waals surface area contributed by atoms with Gasteiger partial charge in [0.2, 0.25) is 0 Å². The Balaban J connectivity index is 2.08. The van der Waals surface area contributed by atoms with Crippen LogP contribution in [0.15, 0.2) is 46.9 Å². The predicted molar refractivity (Wildman–Crippen MR) is 84.9 cm³/mol. The van der Waals surface area contributed by atoms with Gasteiger partial charge in [-0.3, -0.25) is 0 Å². The van der Waals surface area contributed by atoms with Gasteiger partial charge in [0, 0.05) is 10.2 Å². The summed E-state index contributed by atoms with van der Waals surface area (Å²) in [6, 6.07) is 11.4. The largest absolute Gasteiger partial charge is 0.478 e. The quantitative estimate of drug-likeness (QED) is 0.781. The summed E-state index contributed by atoms with van der Waals surface area (Å²) < 4.78 is 0.502. The number of aromatic carboxylic acids is 1. The van der Waals surface area contributed by atoms with Gasteiger partial charge in [-0.25, -0.2) is 9.59 Å². The summed E-state index contributed by atoms with van der Waals surface area (Å²) in [7, 11) is 0. The Morgan fingerprint density at radius 1 is 1.10 bits per heavy atom. The predicted octanol–water partition coefficient (Wildman–Crippen LogP) is 4.10. The molecule has 0 aliphatic carbocycles. The smallest absolute Gasteiger partial charge is 0.335 e. The first kappa shape index (κ1) is 15.1. The van der Waals surface area contributed by atoms with Crippen molar-refractivity contribution in [2.45, 2.75) is 6.92 Å². The van der Waals surface area contributed by atoms with E-state index in [0.717, 1.165) is 5.56 Å². The van der Waals surface area contributed by atoms with Crippen LogP contribution in [-0.4, -0.2) is 17.1 Å². The van der Waals surface area contributed by atoms with Crippen LogP contribution in [0, 0.1) is 6.92 Å². The van der Waals surface area contributed by atoms with Crippen molar-refractivity contribution < 1.29 is 14.7 Å². The van der Waals surface area contributed by atoms with Crippen LogP contribution in [0.2, 0.25) is 0 Å². The summed E-state index contributed by atoms with van der Waals surface area (Å²) in [4.78, 5) is 22.7. The Morgan fingerprint density at radius 3 is 2.48 bits per heavy atom. The second kappa shape index (κ2) is 6.41. The number of amides is 2. The molecule has 3 N–H and O–H groups in total. The van der Waals surface area contributed by atoms with Gasteiger partial charge >= 0.3 is 12.0 Å². The number of hydrogen-bond acceptors (Lipinski definition) is 2. The van der Waals surface area contributed by atoms with Crippen LogP contribution in [0.1, 0.15) is 15.9 Å². The van der Waals surface area contributed by atoms with E-state index in [9.17, 15) is 9.59 Å². The number of carbonyl (C=O) groups is 2. The molecule has 2 aromatic rings. The molecule has 0 fully saturated rings. The number of halogens is 1. The van der Waals surface area contributed by atoms with Crippen molar-refractivity contribution >= 4 is 39.3 Å². The summed E-state index contributed by atoms with van der Waals surface area (Å²) in [6.07, 6.45) is 0. The van der Waals surface area contributed by atoms with Gasteiger partial charge in [-0.1, -0.05) is 12.1 Å². The number of aryl methyl sites for hydroxylation is 1. The van der Waals surface area contributed by atoms with Crippen molar-refractivity contribution in [3.8, 4) is 0 Å². The minimum absolute atomic E-state index is 0.145. The first-order chi connectivity index (χ1) is 9.95. The fourth-order valence-electron chi connectivity index (χ4n) is 1.76. The maximum atomic E-state index is 11.9. The van der Waals surface area contributed by atoms with Crippen molar-refractivity contribution in [1.29, 1.82) is 0 Å². The molecule has 0 atom stereocenters. The fraction of sp³-hybridized carbons (Fsp3) is 0.0667. The lowest BCUT2D eigenvalue weighted by molar-refractivity contribution is 0.0697. The fourth-order valence-corrected chi connectivity index (χ4v) is 2.23. The molecular formula is C15H13BrN2O3. The molecule has 0 spiro atoms. The zero-order valence-corrected chi connectivity index (χ0v) is 12.8. The third kappa shape index (κ3) is 4.06. The van der Waals surface area contributed by atoms with E-state index < -0.39 is 12.0 Å². The number of carboxylic acid groups (broad SMARTS) is 1. The van der Waals surface area contributed by atoms with Crippen LogP contribution in [0.25, 0.3) is 0 Å². The van der Waals surface area contributed by atoms with E-state index >= 15 is 0 Å². The third-order valence-corrected chi connectivity index (χ3v) is 3.40. The summed E-state index contributed by atoms with van der Waals surface area (Å²) in [5, 5.41) is 14.2. The van der Waals surface area contributed by atoms with Gasteiger partial charge in [0.15, 0.2) is 0 Å². The lowest BCUT2D eigenvalue weighted by Crippen LogP contribution is -2.19. The zero-order chi connectivity index (χ0) is 15.4. The van der Waals surface area contributed by atoms with Crippen molar-refractivity contribution in [1.82, 2.24) is 0 Å². The molecule has 6 heteroatoms. The van der Waals surface area contributed by atoms with Crippen molar-refractivity contribution in [3.63, 3.8) is 0 Å². The van der Waals surface area contributed by atoms with Gasteiger partial charge in [-0.15, -0.1) is 0 Å². The molecule has 2 amide bonds. The summed E-state index contributed by atoms with van der Waals surface area (Å²) >= 11 is 3.24. The van der Waals surface area contributed by atoms with E-state index in [1.54, 1.807) is 6.07 Å². The molecule has 0 aliphatic rings. The van der Waals surface area contributed by atoms with E-state index in [2.05, 4.69) is 26.6 Å². The number of carbonyl (C=O) groups excluding carboxylic acids is 1. The minimum atomic E-state index is -1.02. The monoisotopic (exact) mass is 348 g/mol. The summed E-state index contributed by atoms with van der Waals surface area (Å²) in [5.41, 5.74) is 2.36. The molecule has 2 aromatic carbocycles. The third-order valence-electron chi connectivity index (χ3n) is 2.74. The maximum Gasteiger partial charge on any atom is 0.335 e. The number of nitrogens with one attached hydrogen (secondary N) is 2.